The van der Waals surface area contributed by atoms with Crippen LogP contribution in [0.2, 0.25) is 0 Å². The van der Waals surface area contributed by atoms with Gasteiger partial charge in [-0.1, -0.05) is 0 Å². The van der Waals surface area contributed by atoms with E-state index >= 15 is 0 Å². The van der Waals surface area contributed by atoms with E-state index in [-0.39, 0.29) is 12.7 Å². The van der Waals surface area contributed by atoms with E-state index in [2.05, 4.69) is 5.32 Å². The number of nitrogens with one attached hydrogen (secondary N) is 1. The lowest BCUT2D eigenvalue weighted by atomic mass is 9.74. The molecule has 6 nitrogen and oxygen atoms in total. The Labute approximate surface area is 107 Å². The molecule has 2 atom stereocenters. The van der Waals surface area contributed by atoms with Crippen molar-refractivity contribution in [2.24, 2.45) is 5.92 Å². The van der Waals surface area contributed by atoms with Crippen LogP contribution < -0.4 is 5.32 Å². The van der Waals surface area contributed by atoms with Crippen molar-refractivity contribution in [1.29, 1.82) is 0 Å². The van der Waals surface area contributed by atoms with Gasteiger partial charge in [0.2, 0.25) is 0 Å². The first-order valence-electron chi connectivity index (χ1n) is 6.37. The van der Waals surface area contributed by atoms with E-state index in [0.717, 1.165) is 12.8 Å². The molecule has 1 aliphatic carbocycles. The highest BCUT2D eigenvalue weighted by Gasteiger charge is 2.37. The average Bonchev–Trinajstić information content (AvgIpc) is 3.17. The topological polar surface area (TPSA) is 91.2 Å². The minimum atomic E-state index is -0.951. The van der Waals surface area contributed by atoms with E-state index in [1.807, 2.05) is 6.08 Å². The Hall–Kier alpha value is -0.595. The quantitative estimate of drug-likeness (QED) is 0.275. The maximum Gasteiger partial charge on any atom is 0.540 e. The van der Waals surface area contributed by atoms with Crippen LogP contribution in [-0.4, -0.2) is 47.9 Å². The van der Waals surface area contributed by atoms with Gasteiger partial charge < -0.3 is 24.6 Å². The molecule has 0 saturated heterocycles. The standard InChI is InChI=1S/C11H20BNO5/c14-7-17-6-5-9-3-4-10(12(16)18-9)13-11(15)8-1-2-8/h3,8,10-11,13-16H,1-2,4-7H2/t10-,11?/m0/s1. The molecule has 4 N–H and O–H groups in total. The van der Waals surface area contributed by atoms with Crippen molar-refractivity contribution in [1.82, 2.24) is 5.32 Å². The molecule has 0 bridgehead atoms. The van der Waals surface area contributed by atoms with Crippen molar-refractivity contribution in [2.45, 2.75) is 37.9 Å². The molecule has 1 saturated carbocycles. The van der Waals surface area contributed by atoms with Crippen molar-refractivity contribution in [3.63, 3.8) is 0 Å². The molecule has 1 heterocycles. The number of ether oxygens (including phenoxy) is 1. The van der Waals surface area contributed by atoms with Crippen LogP contribution in [0.3, 0.4) is 0 Å². The first-order valence-corrected chi connectivity index (χ1v) is 6.37. The normalized spacial score (nSPS) is 25.6. The van der Waals surface area contributed by atoms with Crippen molar-refractivity contribution in [3.05, 3.63) is 11.8 Å². The summed E-state index contributed by atoms with van der Waals surface area (Å²) in [4.78, 5) is 0. The molecule has 2 aliphatic rings. The van der Waals surface area contributed by atoms with Crippen LogP contribution in [0.5, 0.6) is 0 Å². The van der Waals surface area contributed by atoms with E-state index in [9.17, 15) is 10.1 Å². The highest BCUT2D eigenvalue weighted by atomic mass is 16.6. The molecule has 1 fully saturated rings. The molecular formula is C11H20BNO5. The van der Waals surface area contributed by atoms with Crippen LogP contribution in [-0.2, 0) is 9.39 Å². The summed E-state index contributed by atoms with van der Waals surface area (Å²) in [6.07, 6.45) is 4.54. The Morgan fingerprint density at radius 1 is 1.56 bits per heavy atom. The summed E-state index contributed by atoms with van der Waals surface area (Å²) in [5, 5.41) is 31.0. The van der Waals surface area contributed by atoms with Crippen LogP contribution in [0.1, 0.15) is 25.7 Å². The molecule has 7 heteroatoms. The Kier molecular flexibility index (Phi) is 5.02. The number of aliphatic hydroxyl groups excluding tert-OH is 2. The van der Waals surface area contributed by atoms with E-state index in [0.29, 0.717) is 31.1 Å². The number of hydrogen-bond donors (Lipinski definition) is 4. The second-order valence-electron chi connectivity index (χ2n) is 4.76. The van der Waals surface area contributed by atoms with E-state index in [4.69, 9.17) is 14.5 Å². The predicted octanol–water partition coefficient (Wildman–Crippen LogP) is -0.647. The Balaban J connectivity index is 1.74. The Morgan fingerprint density at radius 2 is 2.33 bits per heavy atom. The molecule has 18 heavy (non-hydrogen) atoms. The lowest BCUT2D eigenvalue weighted by Crippen LogP contribution is -2.51. The molecule has 1 unspecified atom stereocenters. The number of hydrogen-bond acceptors (Lipinski definition) is 6. The zero-order valence-corrected chi connectivity index (χ0v) is 10.3. The largest absolute Gasteiger partial charge is 0.540 e. The second-order valence-corrected chi connectivity index (χ2v) is 4.76. The third kappa shape index (κ3) is 3.96. The van der Waals surface area contributed by atoms with Crippen molar-refractivity contribution < 1.29 is 24.6 Å². The van der Waals surface area contributed by atoms with Gasteiger partial charge in [0, 0.05) is 6.42 Å². The van der Waals surface area contributed by atoms with Gasteiger partial charge in [-0.2, -0.15) is 0 Å². The Bertz CT molecular complexity index is 297. The first-order chi connectivity index (χ1) is 8.70. The highest BCUT2D eigenvalue weighted by Crippen LogP contribution is 2.32. The average molecular weight is 257 g/mol. The zero-order chi connectivity index (χ0) is 13.0. The van der Waals surface area contributed by atoms with E-state index in [1.165, 1.54) is 0 Å². The minimum absolute atomic E-state index is 0.275. The fourth-order valence-corrected chi connectivity index (χ4v) is 1.98. The van der Waals surface area contributed by atoms with Gasteiger partial charge in [-0.25, -0.2) is 0 Å². The zero-order valence-electron chi connectivity index (χ0n) is 10.3. The van der Waals surface area contributed by atoms with Gasteiger partial charge in [-0.3, -0.25) is 5.32 Å². The molecule has 0 spiro atoms. The maximum absolute atomic E-state index is 9.82. The predicted molar refractivity (Wildman–Crippen MR) is 65.1 cm³/mol. The van der Waals surface area contributed by atoms with Crippen LogP contribution in [0.4, 0.5) is 0 Å². The lowest BCUT2D eigenvalue weighted by molar-refractivity contribution is -0.00230. The SMILES string of the molecule is OCOCCC1=CC[C@H](NC(O)C2CC2)B(O)O1. The summed E-state index contributed by atoms with van der Waals surface area (Å²) >= 11 is 0. The lowest BCUT2D eigenvalue weighted by Gasteiger charge is -2.28. The summed E-state index contributed by atoms with van der Waals surface area (Å²) < 4.78 is 10.1. The summed E-state index contributed by atoms with van der Waals surface area (Å²) in [6, 6.07) is 0. The number of rotatable bonds is 7. The summed E-state index contributed by atoms with van der Waals surface area (Å²) in [5.74, 6) is 0.707. The maximum atomic E-state index is 9.82. The van der Waals surface area contributed by atoms with Crippen molar-refractivity contribution in [3.8, 4) is 0 Å². The fourth-order valence-electron chi connectivity index (χ4n) is 1.98. The minimum Gasteiger partial charge on any atom is -0.539 e. The first kappa shape index (κ1) is 13.8. The molecule has 1 aliphatic heterocycles. The van der Waals surface area contributed by atoms with Gasteiger partial charge in [0.15, 0.2) is 0 Å². The molecule has 0 aromatic rings. The molecule has 0 aromatic heterocycles. The highest BCUT2D eigenvalue weighted by molar-refractivity contribution is 6.45. The van der Waals surface area contributed by atoms with Crippen LogP contribution >= 0.6 is 0 Å². The van der Waals surface area contributed by atoms with Gasteiger partial charge in [0.1, 0.15) is 13.0 Å². The number of aliphatic hydroxyl groups is 2. The molecule has 2 rings (SSSR count). The smallest absolute Gasteiger partial charge is 0.539 e. The molecule has 0 amide bonds. The van der Waals surface area contributed by atoms with Gasteiger partial charge in [-0.15, -0.1) is 0 Å². The Morgan fingerprint density at radius 3 is 2.94 bits per heavy atom. The van der Waals surface area contributed by atoms with Gasteiger partial charge >= 0.3 is 7.12 Å². The van der Waals surface area contributed by atoms with Crippen LogP contribution in [0.15, 0.2) is 11.8 Å². The molecule has 0 radical (unpaired) electrons. The van der Waals surface area contributed by atoms with E-state index in [1.54, 1.807) is 0 Å². The fraction of sp³-hybridized carbons (Fsp3) is 0.818. The molecule has 102 valence electrons. The van der Waals surface area contributed by atoms with Gasteiger partial charge in [0.25, 0.3) is 0 Å². The summed E-state index contributed by atoms with van der Waals surface area (Å²) in [6.45, 7) is 0.0471. The third-order valence-corrected chi connectivity index (χ3v) is 3.25. The van der Waals surface area contributed by atoms with Crippen LogP contribution in [0.25, 0.3) is 0 Å². The second kappa shape index (κ2) is 6.54. The van der Waals surface area contributed by atoms with Crippen LogP contribution in [0, 0.1) is 5.92 Å². The van der Waals surface area contributed by atoms with E-state index < -0.39 is 13.3 Å². The molecule has 0 aromatic carbocycles. The van der Waals surface area contributed by atoms with Crippen molar-refractivity contribution in [2.75, 3.05) is 13.4 Å². The van der Waals surface area contributed by atoms with Gasteiger partial charge in [-0.05, 0) is 31.3 Å². The van der Waals surface area contributed by atoms with Gasteiger partial charge in [0.05, 0.1) is 18.3 Å². The molecular weight excluding hydrogens is 237 g/mol. The third-order valence-electron chi connectivity index (χ3n) is 3.25. The van der Waals surface area contributed by atoms with Crippen molar-refractivity contribution >= 4 is 7.12 Å². The summed E-state index contributed by atoms with van der Waals surface area (Å²) in [7, 11) is -0.951. The monoisotopic (exact) mass is 257 g/mol. The summed E-state index contributed by atoms with van der Waals surface area (Å²) in [5.41, 5.74) is 0.